The van der Waals surface area contributed by atoms with Gasteiger partial charge in [0.15, 0.2) is 0 Å². The van der Waals surface area contributed by atoms with Crippen molar-refractivity contribution in [1.82, 2.24) is 19.7 Å². The maximum absolute atomic E-state index is 12.8. The number of hydrogen-bond acceptors (Lipinski definition) is 6. The lowest BCUT2D eigenvalue weighted by molar-refractivity contribution is -0.384. The van der Waals surface area contributed by atoms with Crippen LogP contribution >= 0.6 is 15.9 Å². The molecule has 1 aromatic heterocycles. The molecule has 0 saturated carbocycles. The normalized spacial score (nSPS) is 14.1. The summed E-state index contributed by atoms with van der Waals surface area (Å²) in [4.78, 5) is 27.7. The fourth-order valence-corrected chi connectivity index (χ4v) is 3.83. The number of anilines is 1. The van der Waals surface area contributed by atoms with Crippen molar-refractivity contribution < 1.29 is 9.72 Å². The average molecular weight is 457 g/mol. The van der Waals surface area contributed by atoms with Crippen molar-refractivity contribution in [2.24, 2.45) is 0 Å². The molecule has 1 saturated heterocycles. The molecule has 2 aromatic carbocycles. The topological polar surface area (TPSA) is 97.4 Å². The van der Waals surface area contributed by atoms with Gasteiger partial charge in [-0.05, 0) is 40.2 Å². The lowest BCUT2D eigenvalue weighted by Gasteiger charge is -2.36. The quantitative estimate of drug-likeness (QED) is 0.442. The van der Waals surface area contributed by atoms with Gasteiger partial charge in [0, 0.05) is 36.7 Å². The Balaban J connectivity index is 1.52. The first-order valence-corrected chi connectivity index (χ1v) is 9.76. The Hall–Kier alpha value is -3.27. The maximum Gasteiger partial charge on any atom is 0.294 e. The van der Waals surface area contributed by atoms with Crippen LogP contribution in [-0.2, 0) is 0 Å². The number of hydrogen-bond donors (Lipinski definition) is 0. The van der Waals surface area contributed by atoms with Gasteiger partial charge < -0.3 is 9.80 Å². The SMILES string of the molecule is O=C(c1ccccc1Br)N1CCN(c2ccc(-n3cnnc3)cc2[N+](=O)[O-])CC1. The van der Waals surface area contributed by atoms with Gasteiger partial charge in [0.05, 0.1) is 16.2 Å². The molecule has 10 heteroatoms. The van der Waals surface area contributed by atoms with E-state index < -0.39 is 0 Å². The van der Waals surface area contributed by atoms with Crippen molar-refractivity contribution >= 4 is 33.2 Å². The average Bonchev–Trinajstić information content (AvgIpc) is 3.28. The molecule has 0 spiro atoms. The fourth-order valence-electron chi connectivity index (χ4n) is 3.38. The Morgan fingerprint density at radius 3 is 2.38 bits per heavy atom. The van der Waals surface area contributed by atoms with Crippen molar-refractivity contribution in [2.45, 2.75) is 0 Å². The Labute approximate surface area is 174 Å². The highest BCUT2D eigenvalue weighted by atomic mass is 79.9. The molecule has 3 aromatic rings. The van der Waals surface area contributed by atoms with Crippen LogP contribution in [0.1, 0.15) is 10.4 Å². The molecule has 148 valence electrons. The number of benzene rings is 2. The molecule has 0 unspecified atom stereocenters. The molecule has 29 heavy (non-hydrogen) atoms. The van der Waals surface area contributed by atoms with E-state index in [1.54, 1.807) is 27.7 Å². The Morgan fingerprint density at radius 1 is 1.03 bits per heavy atom. The number of aromatic nitrogens is 3. The van der Waals surface area contributed by atoms with E-state index in [9.17, 15) is 14.9 Å². The molecule has 4 rings (SSSR count). The fraction of sp³-hybridized carbons (Fsp3) is 0.211. The van der Waals surface area contributed by atoms with Crippen molar-refractivity contribution in [2.75, 3.05) is 31.1 Å². The van der Waals surface area contributed by atoms with E-state index >= 15 is 0 Å². The lowest BCUT2D eigenvalue weighted by atomic mass is 10.1. The highest BCUT2D eigenvalue weighted by molar-refractivity contribution is 9.10. The summed E-state index contributed by atoms with van der Waals surface area (Å²) in [5.74, 6) is -0.0467. The van der Waals surface area contributed by atoms with E-state index in [0.29, 0.717) is 43.1 Å². The van der Waals surface area contributed by atoms with E-state index in [4.69, 9.17) is 0 Å². The molecule has 2 heterocycles. The van der Waals surface area contributed by atoms with Gasteiger partial charge in [-0.3, -0.25) is 19.5 Å². The molecule has 0 aliphatic carbocycles. The van der Waals surface area contributed by atoms with Crippen molar-refractivity contribution in [3.8, 4) is 5.69 Å². The molecule has 0 atom stereocenters. The summed E-state index contributed by atoms with van der Waals surface area (Å²) in [6.07, 6.45) is 2.98. The number of nitro benzene ring substituents is 1. The molecule has 1 fully saturated rings. The second kappa shape index (κ2) is 8.00. The van der Waals surface area contributed by atoms with Crippen LogP contribution in [-0.4, -0.2) is 56.7 Å². The highest BCUT2D eigenvalue weighted by Crippen LogP contribution is 2.31. The zero-order chi connectivity index (χ0) is 20.4. The minimum absolute atomic E-state index is 0.0155. The first-order chi connectivity index (χ1) is 14.0. The second-order valence-electron chi connectivity index (χ2n) is 6.56. The summed E-state index contributed by atoms with van der Waals surface area (Å²) in [7, 11) is 0. The van der Waals surface area contributed by atoms with Crippen molar-refractivity contribution in [1.29, 1.82) is 0 Å². The zero-order valence-electron chi connectivity index (χ0n) is 15.3. The van der Waals surface area contributed by atoms with E-state index in [1.807, 2.05) is 23.1 Å². The minimum Gasteiger partial charge on any atom is -0.362 e. The van der Waals surface area contributed by atoms with Crippen LogP contribution in [0.3, 0.4) is 0 Å². The molecule has 1 aliphatic rings. The smallest absolute Gasteiger partial charge is 0.294 e. The third-order valence-corrected chi connectivity index (χ3v) is 5.58. The van der Waals surface area contributed by atoms with Crippen molar-refractivity contribution in [3.05, 3.63) is 75.3 Å². The highest BCUT2D eigenvalue weighted by Gasteiger charge is 2.27. The summed E-state index contributed by atoms with van der Waals surface area (Å²) < 4.78 is 2.37. The van der Waals surface area contributed by atoms with Gasteiger partial charge in [-0.25, -0.2) is 0 Å². The number of halogens is 1. The van der Waals surface area contributed by atoms with Crippen LogP contribution in [0.5, 0.6) is 0 Å². The van der Waals surface area contributed by atoms with E-state index in [1.165, 1.54) is 18.7 Å². The Bertz CT molecular complexity index is 1050. The van der Waals surface area contributed by atoms with Crippen LogP contribution in [0.15, 0.2) is 59.6 Å². The molecule has 0 N–H and O–H groups in total. The van der Waals surface area contributed by atoms with Crippen LogP contribution in [0, 0.1) is 10.1 Å². The summed E-state index contributed by atoms with van der Waals surface area (Å²) in [5, 5.41) is 19.1. The van der Waals surface area contributed by atoms with Crippen LogP contribution in [0.4, 0.5) is 11.4 Å². The Kier molecular flexibility index (Phi) is 5.26. The van der Waals surface area contributed by atoms with E-state index in [2.05, 4.69) is 26.1 Å². The number of rotatable bonds is 4. The van der Waals surface area contributed by atoms with Gasteiger partial charge in [0.2, 0.25) is 0 Å². The third kappa shape index (κ3) is 3.83. The number of carbonyl (C=O) groups excluding carboxylic acids is 1. The second-order valence-corrected chi connectivity index (χ2v) is 7.41. The first-order valence-electron chi connectivity index (χ1n) is 8.97. The Morgan fingerprint density at radius 2 is 1.72 bits per heavy atom. The van der Waals surface area contributed by atoms with E-state index in [0.717, 1.165) is 4.47 Å². The third-order valence-electron chi connectivity index (χ3n) is 4.88. The summed E-state index contributed by atoms with van der Waals surface area (Å²) >= 11 is 3.42. The number of piperazine rings is 1. The number of nitrogens with zero attached hydrogens (tertiary/aromatic N) is 6. The van der Waals surface area contributed by atoms with Crippen LogP contribution in [0.25, 0.3) is 5.69 Å². The minimum atomic E-state index is -0.387. The van der Waals surface area contributed by atoms with Gasteiger partial charge in [0.1, 0.15) is 18.3 Å². The van der Waals surface area contributed by atoms with Gasteiger partial charge in [-0.15, -0.1) is 10.2 Å². The molecular weight excluding hydrogens is 440 g/mol. The molecule has 0 radical (unpaired) electrons. The first kappa shape index (κ1) is 19.1. The van der Waals surface area contributed by atoms with Crippen molar-refractivity contribution in [3.63, 3.8) is 0 Å². The number of amides is 1. The summed E-state index contributed by atoms with van der Waals surface area (Å²) in [6.45, 7) is 2.01. The monoisotopic (exact) mass is 456 g/mol. The summed E-state index contributed by atoms with van der Waals surface area (Å²) in [6, 6.07) is 12.4. The molecule has 9 nitrogen and oxygen atoms in total. The molecule has 0 bridgehead atoms. The standard InChI is InChI=1S/C19H17BrN6O3/c20-16-4-2-1-3-15(16)19(27)24-9-7-23(8-10-24)17-6-5-14(11-18(17)26(28)29)25-12-21-22-13-25/h1-6,11-13H,7-10H2. The number of nitro groups is 1. The largest absolute Gasteiger partial charge is 0.362 e. The van der Waals surface area contributed by atoms with Gasteiger partial charge in [-0.2, -0.15) is 0 Å². The number of carbonyl (C=O) groups is 1. The van der Waals surface area contributed by atoms with Gasteiger partial charge in [0.25, 0.3) is 11.6 Å². The lowest BCUT2D eigenvalue weighted by Crippen LogP contribution is -2.49. The predicted molar refractivity (Wildman–Crippen MR) is 110 cm³/mol. The molecule has 1 aliphatic heterocycles. The predicted octanol–water partition coefficient (Wildman–Crippen LogP) is 2.90. The molecular formula is C19H17BrN6O3. The maximum atomic E-state index is 12.8. The van der Waals surface area contributed by atoms with E-state index in [-0.39, 0.29) is 16.5 Å². The molecule has 1 amide bonds. The van der Waals surface area contributed by atoms with Gasteiger partial charge >= 0.3 is 0 Å². The zero-order valence-corrected chi connectivity index (χ0v) is 16.9. The van der Waals surface area contributed by atoms with Crippen LogP contribution < -0.4 is 4.90 Å². The summed E-state index contributed by atoms with van der Waals surface area (Å²) in [5.41, 5.74) is 1.79. The van der Waals surface area contributed by atoms with Crippen LogP contribution in [0.2, 0.25) is 0 Å². The van der Waals surface area contributed by atoms with Gasteiger partial charge in [-0.1, -0.05) is 12.1 Å².